The minimum atomic E-state index is 0.141. The molecule has 1 aliphatic heterocycles. The number of anilines is 1. The van der Waals surface area contributed by atoms with Crippen molar-refractivity contribution in [3.8, 4) is 0 Å². The molecule has 2 heterocycles. The number of hydrogen-bond donors (Lipinski definition) is 1. The van der Waals surface area contributed by atoms with Crippen LogP contribution in [0.2, 0.25) is 0 Å². The van der Waals surface area contributed by atoms with Gasteiger partial charge in [0.05, 0.1) is 0 Å². The van der Waals surface area contributed by atoms with Crippen LogP contribution in [0.3, 0.4) is 0 Å². The Kier molecular flexibility index (Phi) is 4.37. The topological polar surface area (TPSA) is 56.7 Å². The monoisotopic (exact) mass is 263 g/mol. The third kappa shape index (κ3) is 3.23. The van der Waals surface area contributed by atoms with E-state index in [2.05, 4.69) is 16.0 Å². The van der Waals surface area contributed by atoms with Crippen molar-refractivity contribution in [3.05, 3.63) is 23.4 Å². The molecule has 0 aromatic carbocycles. The van der Waals surface area contributed by atoms with E-state index in [9.17, 15) is 4.79 Å². The molecular formula is C14H21N3O2. The van der Waals surface area contributed by atoms with Gasteiger partial charge in [0.15, 0.2) is 0 Å². The molecule has 0 bridgehead atoms. The van der Waals surface area contributed by atoms with Crippen molar-refractivity contribution in [3.63, 3.8) is 0 Å². The first-order valence-corrected chi connectivity index (χ1v) is 6.68. The summed E-state index contributed by atoms with van der Waals surface area (Å²) in [5, 5.41) is 8.93. The van der Waals surface area contributed by atoms with E-state index in [1.165, 1.54) is 0 Å². The number of aromatic nitrogens is 1. The zero-order chi connectivity index (χ0) is 13.8. The van der Waals surface area contributed by atoms with E-state index in [1.807, 2.05) is 18.0 Å². The average Bonchev–Trinajstić information content (AvgIpc) is 2.39. The molecule has 0 atom stereocenters. The van der Waals surface area contributed by atoms with Crippen molar-refractivity contribution in [1.29, 1.82) is 0 Å². The Hall–Kier alpha value is -1.62. The van der Waals surface area contributed by atoms with Crippen molar-refractivity contribution < 1.29 is 9.90 Å². The number of amides is 1. The smallest absolute Gasteiger partial charge is 0.219 e. The van der Waals surface area contributed by atoms with E-state index in [0.717, 1.165) is 43.1 Å². The van der Waals surface area contributed by atoms with Crippen molar-refractivity contribution in [2.45, 2.75) is 20.3 Å². The maximum absolute atomic E-state index is 11.3. The summed E-state index contributed by atoms with van der Waals surface area (Å²) < 4.78 is 0. The summed E-state index contributed by atoms with van der Waals surface area (Å²) >= 11 is 0. The molecule has 104 valence electrons. The van der Waals surface area contributed by atoms with Gasteiger partial charge in [-0.15, -0.1) is 0 Å². The minimum absolute atomic E-state index is 0.141. The number of rotatable bonds is 3. The van der Waals surface area contributed by atoms with E-state index < -0.39 is 0 Å². The minimum Gasteiger partial charge on any atom is -0.396 e. The number of carbonyl (C=O) groups is 1. The van der Waals surface area contributed by atoms with Gasteiger partial charge in [0, 0.05) is 45.9 Å². The van der Waals surface area contributed by atoms with E-state index in [-0.39, 0.29) is 12.5 Å². The molecule has 5 nitrogen and oxygen atoms in total. The van der Waals surface area contributed by atoms with Crippen LogP contribution in [0.4, 0.5) is 5.82 Å². The normalized spacial score (nSPS) is 15.7. The molecule has 0 saturated carbocycles. The number of hydrogen-bond acceptors (Lipinski definition) is 4. The predicted molar refractivity (Wildman–Crippen MR) is 74.2 cm³/mol. The average molecular weight is 263 g/mol. The molecule has 5 heteroatoms. The van der Waals surface area contributed by atoms with Gasteiger partial charge < -0.3 is 14.9 Å². The summed E-state index contributed by atoms with van der Waals surface area (Å²) in [7, 11) is 0. The van der Waals surface area contributed by atoms with Gasteiger partial charge in [0.2, 0.25) is 5.91 Å². The molecule has 1 amide bonds. The van der Waals surface area contributed by atoms with Crippen molar-refractivity contribution in [1.82, 2.24) is 9.88 Å². The molecule has 0 radical (unpaired) electrons. The molecule has 0 spiro atoms. The number of piperazine rings is 1. The van der Waals surface area contributed by atoms with Crippen LogP contribution in [0.15, 0.2) is 12.3 Å². The third-order valence-electron chi connectivity index (χ3n) is 3.53. The summed E-state index contributed by atoms with van der Waals surface area (Å²) in [4.78, 5) is 19.9. The molecule has 1 fully saturated rings. The second-order valence-corrected chi connectivity index (χ2v) is 4.95. The third-order valence-corrected chi connectivity index (χ3v) is 3.53. The molecule has 19 heavy (non-hydrogen) atoms. The predicted octanol–water partition coefficient (Wildman–Crippen LogP) is 0.593. The molecule has 2 rings (SSSR count). The van der Waals surface area contributed by atoms with Gasteiger partial charge in [-0.05, 0) is 24.5 Å². The quantitative estimate of drug-likeness (QED) is 0.867. The number of aryl methyl sites for hydroxylation is 1. The van der Waals surface area contributed by atoms with Gasteiger partial charge in [-0.25, -0.2) is 4.98 Å². The summed E-state index contributed by atoms with van der Waals surface area (Å²) in [5.74, 6) is 1.13. The molecule has 1 aromatic rings. The molecular weight excluding hydrogens is 242 g/mol. The number of pyridine rings is 1. The maximum atomic E-state index is 11.3. The van der Waals surface area contributed by atoms with Crippen LogP contribution in [0.5, 0.6) is 0 Å². The van der Waals surface area contributed by atoms with Crippen LogP contribution in [0.25, 0.3) is 0 Å². The fraction of sp³-hybridized carbons (Fsp3) is 0.571. The van der Waals surface area contributed by atoms with E-state index in [4.69, 9.17) is 5.11 Å². The second-order valence-electron chi connectivity index (χ2n) is 4.95. The standard InChI is InChI=1S/C14H21N3O2/c1-11-9-13(3-8-18)10-15-14(11)17-6-4-16(5-7-17)12(2)19/h9-10,18H,3-8H2,1-2H3. The number of carbonyl (C=O) groups excluding carboxylic acids is 1. The SMILES string of the molecule is CC(=O)N1CCN(c2ncc(CCO)cc2C)CC1. The van der Waals surface area contributed by atoms with Gasteiger partial charge in [-0.3, -0.25) is 4.79 Å². The zero-order valence-corrected chi connectivity index (χ0v) is 11.6. The van der Waals surface area contributed by atoms with Gasteiger partial charge >= 0.3 is 0 Å². The second kappa shape index (κ2) is 6.02. The van der Waals surface area contributed by atoms with Gasteiger partial charge in [0.25, 0.3) is 0 Å². The molecule has 1 N–H and O–H groups in total. The molecule has 1 saturated heterocycles. The first kappa shape index (κ1) is 13.8. The van der Waals surface area contributed by atoms with Crippen molar-refractivity contribution >= 4 is 11.7 Å². The van der Waals surface area contributed by atoms with Crippen LogP contribution < -0.4 is 4.90 Å². The lowest BCUT2D eigenvalue weighted by atomic mass is 10.1. The molecule has 1 aliphatic rings. The van der Waals surface area contributed by atoms with E-state index in [1.54, 1.807) is 6.92 Å². The first-order chi connectivity index (χ1) is 9.11. The Bertz CT molecular complexity index is 454. The fourth-order valence-corrected chi connectivity index (χ4v) is 2.46. The summed E-state index contributed by atoms with van der Waals surface area (Å²) in [6.07, 6.45) is 2.47. The Balaban J connectivity index is 2.05. The van der Waals surface area contributed by atoms with Crippen LogP contribution in [0.1, 0.15) is 18.1 Å². The zero-order valence-electron chi connectivity index (χ0n) is 11.6. The van der Waals surface area contributed by atoms with Crippen LogP contribution >= 0.6 is 0 Å². The fourth-order valence-electron chi connectivity index (χ4n) is 2.46. The van der Waals surface area contributed by atoms with Gasteiger partial charge in [-0.1, -0.05) is 6.07 Å². The van der Waals surface area contributed by atoms with Crippen LogP contribution in [-0.2, 0) is 11.2 Å². The van der Waals surface area contributed by atoms with Crippen molar-refractivity contribution in [2.75, 3.05) is 37.7 Å². The van der Waals surface area contributed by atoms with Gasteiger partial charge in [0.1, 0.15) is 5.82 Å². The molecule has 0 unspecified atom stereocenters. The Morgan fingerprint density at radius 3 is 2.58 bits per heavy atom. The lowest BCUT2D eigenvalue weighted by molar-refractivity contribution is -0.129. The Labute approximate surface area is 113 Å². The Morgan fingerprint density at radius 1 is 1.37 bits per heavy atom. The van der Waals surface area contributed by atoms with Gasteiger partial charge in [-0.2, -0.15) is 0 Å². The lowest BCUT2D eigenvalue weighted by Crippen LogP contribution is -2.48. The summed E-state index contributed by atoms with van der Waals surface area (Å²) in [6.45, 7) is 6.98. The largest absolute Gasteiger partial charge is 0.396 e. The van der Waals surface area contributed by atoms with Crippen LogP contribution in [-0.4, -0.2) is 53.7 Å². The van der Waals surface area contributed by atoms with E-state index >= 15 is 0 Å². The number of aliphatic hydroxyl groups is 1. The van der Waals surface area contributed by atoms with Crippen LogP contribution in [0, 0.1) is 6.92 Å². The lowest BCUT2D eigenvalue weighted by Gasteiger charge is -2.35. The Morgan fingerprint density at radius 2 is 2.05 bits per heavy atom. The highest BCUT2D eigenvalue weighted by Crippen LogP contribution is 2.19. The highest BCUT2D eigenvalue weighted by molar-refractivity contribution is 5.73. The number of nitrogens with zero attached hydrogens (tertiary/aromatic N) is 3. The first-order valence-electron chi connectivity index (χ1n) is 6.68. The highest BCUT2D eigenvalue weighted by Gasteiger charge is 2.20. The van der Waals surface area contributed by atoms with E-state index in [0.29, 0.717) is 6.42 Å². The highest BCUT2D eigenvalue weighted by atomic mass is 16.3. The number of aliphatic hydroxyl groups excluding tert-OH is 1. The van der Waals surface area contributed by atoms with Crippen molar-refractivity contribution in [2.24, 2.45) is 0 Å². The maximum Gasteiger partial charge on any atom is 0.219 e. The summed E-state index contributed by atoms with van der Waals surface area (Å²) in [6, 6.07) is 2.08. The molecule has 0 aliphatic carbocycles. The molecule has 1 aromatic heterocycles. The summed E-state index contributed by atoms with van der Waals surface area (Å²) in [5.41, 5.74) is 2.19.